The molecule has 4 heterocycles. The fourth-order valence-electron chi connectivity index (χ4n) is 4.91. The van der Waals surface area contributed by atoms with E-state index in [0.717, 1.165) is 55.2 Å². The van der Waals surface area contributed by atoms with Crippen LogP contribution in [0.5, 0.6) is 5.75 Å². The van der Waals surface area contributed by atoms with Crippen molar-refractivity contribution in [3.05, 3.63) is 76.7 Å². The van der Waals surface area contributed by atoms with Crippen molar-refractivity contribution in [2.75, 3.05) is 20.2 Å². The molecule has 0 aliphatic carbocycles. The summed E-state index contributed by atoms with van der Waals surface area (Å²) in [5.74, 6) is 1.72. The molecule has 2 unspecified atom stereocenters. The Hall–Kier alpha value is -2.99. The number of pyridine rings is 1. The van der Waals surface area contributed by atoms with Crippen LogP contribution < -0.4 is 10.3 Å². The Labute approximate surface area is 169 Å². The van der Waals surface area contributed by atoms with Crippen molar-refractivity contribution in [2.45, 2.75) is 25.4 Å². The van der Waals surface area contributed by atoms with Crippen LogP contribution in [0, 0.1) is 5.92 Å². The van der Waals surface area contributed by atoms with Crippen molar-refractivity contribution < 1.29 is 4.74 Å². The lowest BCUT2D eigenvalue weighted by Gasteiger charge is -2.43. The summed E-state index contributed by atoms with van der Waals surface area (Å²) in [6, 6.07) is 11.9. The zero-order valence-corrected chi connectivity index (χ0v) is 16.5. The van der Waals surface area contributed by atoms with E-state index in [9.17, 15) is 4.79 Å². The van der Waals surface area contributed by atoms with E-state index in [1.807, 2.05) is 35.2 Å². The summed E-state index contributed by atoms with van der Waals surface area (Å²) in [7, 11) is 1.69. The van der Waals surface area contributed by atoms with Gasteiger partial charge in [-0.05, 0) is 36.1 Å². The number of rotatable bonds is 4. The van der Waals surface area contributed by atoms with Crippen molar-refractivity contribution in [3.63, 3.8) is 0 Å². The first kappa shape index (κ1) is 18.1. The molecule has 0 radical (unpaired) electrons. The first-order valence-electron chi connectivity index (χ1n) is 10.1. The van der Waals surface area contributed by atoms with Crippen LogP contribution in [0.2, 0.25) is 0 Å². The number of ether oxygens (including phenoxy) is 1. The predicted octanol–water partition coefficient (Wildman–Crippen LogP) is 2.93. The molecule has 1 aromatic carbocycles. The molecule has 1 saturated heterocycles. The number of hydrogen-bond donors (Lipinski definition) is 0. The number of fused-ring (bicyclic) bond motifs is 4. The maximum atomic E-state index is 12.6. The Balaban J connectivity index is 1.46. The maximum Gasteiger partial charge on any atom is 0.250 e. The minimum absolute atomic E-state index is 0.0962. The summed E-state index contributed by atoms with van der Waals surface area (Å²) < 4.78 is 7.26. The van der Waals surface area contributed by atoms with Crippen LogP contribution in [-0.2, 0) is 13.1 Å². The molecule has 148 valence electrons. The van der Waals surface area contributed by atoms with Gasteiger partial charge in [0, 0.05) is 67.4 Å². The van der Waals surface area contributed by atoms with Gasteiger partial charge in [0.05, 0.1) is 7.11 Å². The topological polar surface area (TPSA) is 60.2 Å². The molecule has 3 aromatic rings. The van der Waals surface area contributed by atoms with E-state index in [-0.39, 0.29) is 5.56 Å². The third-order valence-electron chi connectivity index (χ3n) is 6.10. The molecular weight excluding hydrogens is 364 g/mol. The summed E-state index contributed by atoms with van der Waals surface area (Å²) in [5.41, 5.74) is 4.58. The summed E-state index contributed by atoms with van der Waals surface area (Å²) in [4.78, 5) is 23.5. The second-order valence-corrected chi connectivity index (χ2v) is 8.05. The number of aromatic nitrogens is 3. The number of likely N-dealkylation sites (tertiary alicyclic amines) is 1. The molecule has 2 bridgehead atoms. The Morgan fingerprint density at radius 1 is 1.03 bits per heavy atom. The van der Waals surface area contributed by atoms with E-state index in [0.29, 0.717) is 11.8 Å². The first-order valence-corrected chi connectivity index (χ1v) is 10.1. The van der Waals surface area contributed by atoms with E-state index >= 15 is 0 Å². The van der Waals surface area contributed by atoms with Crippen molar-refractivity contribution in [1.82, 2.24) is 19.4 Å². The van der Waals surface area contributed by atoms with Gasteiger partial charge in [-0.3, -0.25) is 9.69 Å². The van der Waals surface area contributed by atoms with Crippen molar-refractivity contribution in [1.29, 1.82) is 0 Å². The van der Waals surface area contributed by atoms with Crippen molar-refractivity contribution >= 4 is 0 Å². The molecule has 29 heavy (non-hydrogen) atoms. The van der Waals surface area contributed by atoms with Crippen LogP contribution in [0.15, 0.2) is 59.9 Å². The molecule has 6 nitrogen and oxygen atoms in total. The second-order valence-electron chi connectivity index (χ2n) is 8.05. The fraction of sp³-hybridized carbons (Fsp3) is 0.348. The molecule has 1 fully saturated rings. The minimum atomic E-state index is 0.0962. The van der Waals surface area contributed by atoms with E-state index in [1.54, 1.807) is 13.2 Å². The van der Waals surface area contributed by atoms with Gasteiger partial charge in [0.15, 0.2) is 0 Å². The standard InChI is InChI=1S/C23H24N4O2/c1-29-20-4-2-16(3-5-20)11-26-12-17-8-18(14-26)23-21(19-9-24-15-25-10-19)6-7-22(28)27(23)13-17/h2-7,9-10,15,17-18H,8,11-14H2,1H3. The molecule has 6 heteroatoms. The van der Waals surface area contributed by atoms with Gasteiger partial charge in [0.2, 0.25) is 0 Å². The first-order chi connectivity index (χ1) is 14.2. The van der Waals surface area contributed by atoms with Crippen LogP contribution in [0.3, 0.4) is 0 Å². The third-order valence-corrected chi connectivity index (χ3v) is 6.10. The Kier molecular flexibility index (Phi) is 4.64. The highest BCUT2D eigenvalue weighted by molar-refractivity contribution is 5.65. The zero-order valence-electron chi connectivity index (χ0n) is 16.5. The van der Waals surface area contributed by atoms with Gasteiger partial charge in [-0.15, -0.1) is 0 Å². The highest BCUT2D eigenvalue weighted by Crippen LogP contribution is 2.39. The lowest BCUT2D eigenvalue weighted by molar-refractivity contribution is 0.115. The van der Waals surface area contributed by atoms with Crippen LogP contribution in [0.4, 0.5) is 0 Å². The SMILES string of the molecule is COc1ccc(CN2CC3CC(C2)c2c(-c4cncnc4)ccc(=O)n2C3)cc1. The third kappa shape index (κ3) is 3.44. The van der Waals surface area contributed by atoms with E-state index in [2.05, 4.69) is 27.0 Å². The number of hydrogen-bond acceptors (Lipinski definition) is 5. The summed E-state index contributed by atoms with van der Waals surface area (Å²) >= 11 is 0. The number of nitrogens with zero attached hydrogens (tertiary/aromatic N) is 4. The maximum absolute atomic E-state index is 12.6. The molecule has 2 aromatic heterocycles. The predicted molar refractivity (Wildman–Crippen MR) is 111 cm³/mol. The highest BCUT2D eigenvalue weighted by Gasteiger charge is 2.36. The highest BCUT2D eigenvalue weighted by atomic mass is 16.5. The minimum Gasteiger partial charge on any atom is -0.497 e. The second kappa shape index (κ2) is 7.44. The van der Waals surface area contributed by atoms with Gasteiger partial charge in [0.25, 0.3) is 5.56 Å². The van der Waals surface area contributed by atoms with Crippen molar-refractivity contribution in [3.8, 4) is 16.9 Å². The average molecular weight is 388 g/mol. The van der Waals surface area contributed by atoms with E-state index in [4.69, 9.17) is 4.74 Å². The smallest absolute Gasteiger partial charge is 0.250 e. The van der Waals surface area contributed by atoms with Gasteiger partial charge in [-0.25, -0.2) is 9.97 Å². The van der Waals surface area contributed by atoms with Gasteiger partial charge in [-0.2, -0.15) is 0 Å². The lowest BCUT2D eigenvalue weighted by Crippen LogP contribution is -2.47. The number of methoxy groups -OCH3 is 1. The summed E-state index contributed by atoms with van der Waals surface area (Å²) in [6.45, 7) is 3.67. The van der Waals surface area contributed by atoms with E-state index in [1.165, 1.54) is 11.9 Å². The molecule has 0 amide bonds. The van der Waals surface area contributed by atoms with Crippen LogP contribution >= 0.6 is 0 Å². The number of piperidine rings is 1. The molecule has 0 spiro atoms. The van der Waals surface area contributed by atoms with Gasteiger partial charge in [0.1, 0.15) is 12.1 Å². The quantitative estimate of drug-likeness (QED) is 0.688. The lowest BCUT2D eigenvalue weighted by atomic mass is 9.80. The Morgan fingerprint density at radius 3 is 2.59 bits per heavy atom. The molecule has 2 atom stereocenters. The fourth-order valence-corrected chi connectivity index (χ4v) is 4.91. The van der Waals surface area contributed by atoms with Crippen molar-refractivity contribution in [2.24, 2.45) is 5.92 Å². The zero-order chi connectivity index (χ0) is 19.8. The molecule has 0 saturated carbocycles. The molecule has 2 aliphatic heterocycles. The van der Waals surface area contributed by atoms with Crippen LogP contribution in [0.25, 0.3) is 11.1 Å². The monoisotopic (exact) mass is 388 g/mol. The molecule has 2 aliphatic rings. The van der Waals surface area contributed by atoms with Gasteiger partial charge >= 0.3 is 0 Å². The van der Waals surface area contributed by atoms with E-state index < -0.39 is 0 Å². The molecule has 5 rings (SSSR count). The Morgan fingerprint density at radius 2 is 1.83 bits per heavy atom. The average Bonchev–Trinajstić information content (AvgIpc) is 2.75. The van der Waals surface area contributed by atoms with Gasteiger partial charge in [-0.1, -0.05) is 12.1 Å². The molecule has 0 N–H and O–H groups in total. The molecular formula is C23H24N4O2. The largest absolute Gasteiger partial charge is 0.497 e. The van der Waals surface area contributed by atoms with Gasteiger partial charge < -0.3 is 9.30 Å². The van der Waals surface area contributed by atoms with Crippen LogP contribution in [0.1, 0.15) is 23.6 Å². The normalized spacial score (nSPS) is 20.9. The number of benzene rings is 1. The summed E-state index contributed by atoms with van der Waals surface area (Å²) in [5, 5.41) is 0. The van der Waals surface area contributed by atoms with Crippen LogP contribution in [-0.4, -0.2) is 39.6 Å². The Bertz CT molecular complexity index is 1060. The summed E-state index contributed by atoms with van der Waals surface area (Å²) in [6.07, 6.45) is 6.33.